The smallest absolute Gasteiger partial charge is 0.279 e. The van der Waals surface area contributed by atoms with Crippen molar-refractivity contribution in [1.29, 1.82) is 0 Å². The number of hydrogen-bond donors (Lipinski definition) is 2. The lowest BCUT2D eigenvalue weighted by Gasteiger charge is -2.05. The van der Waals surface area contributed by atoms with Crippen molar-refractivity contribution in [2.24, 2.45) is 0 Å². The topological polar surface area (TPSA) is 110 Å². The Balaban J connectivity index is 1.25. The third kappa shape index (κ3) is 4.86. The van der Waals surface area contributed by atoms with Gasteiger partial charge in [-0.3, -0.25) is 25.4 Å². The number of pyridine rings is 1. The van der Waals surface area contributed by atoms with Gasteiger partial charge in [-0.2, -0.15) is 4.98 Å². The first-order valence-electron chi connectivity index (χ1n) is 9.63. The Hall–Kier alpha value is -3.07. The second-order valence-corrected chi connectivity index (χ2v) is 8.01. The van der Waals surface area contributed by atoms with E-state index < -0.39 is 0 Å². The van der Waals surface area contributed by atoms with E-state index >= 15 is 0 Å². The number of carbonyl (C=O) groups excluding carboxylic acids is 2. The molecule has 3 aromatic rings. The van der Waals surface area contributed by atoms with Crippen LogP contribution in [0, 0.1) is 0 Å². The number of aryl methyl sites for hydroxylation is 3. The molecule has 0 saturated carbocycles. The van der Waals surface area contributed by atoms with E-state index in [9.17, 15) is 9.59 Å². The van der Waals surface area contributed by atoms with E-state index in [-0.39, 0.29) is 24.7 Å². The van der Waals surface area contributed by atoms with Crippen LogP contribution in [-0.2, 0) is 24.1 Å². The van der Waals surface area contributed by atoms with Gasteiger partial charge in [0.05, 0.1) is 4.88 Å². The lowest BCUT2D eigenvalue weighted by Crippen LogP contribution is -2.41. The minimum atomic E-state index is -0.319. The second-order valence-electron chi connectivity index (χ2n) is 6.87. The molecule has 29 heavy (non-hydrogen) atoms. The SMILES string of the molecule is O=C(CCc1nc(-c2ccncc2)no1)NNC(=O)c1cc2c(s1)CCCCC2. The maximum Gasteiger partial charge on any atom is 0.279 e. The molecular formula is C20H21N5O3S. The summed E-state index contributed by atoms with van der Waals surface area (Å²) in [5, 5.41) is 3.90. The van der Waals surface area contributed by atoms with Crippen LogP contribution in [-0.4, -0.2) is 26.9 Å². The molecule has 3 aromatic heterocycles. The van der Waals surface area contributed by atoms with Crippen LogP contribution in [0.15, 0.2) is 35.1 Å². The lowest BCUT2D eigenvalue weighted by molar-refractivity contribution is -0.121. The van der Waals surface area contributed by atoms with Crippen molar-refractivity contribution in [2.75, 3.05) is 0 Å². The molecule has 1 aliphatic carbocycles. The number of amides is 2. The van der Waals surface area contributed by atoms with E-state index in [2.05, 4.69) is 26.0 Å². The number of nitrogens with zero attached hydrogens (tertiary/aromatic N) is 3. The third-order valence-corrected chi connectivity index (χ3v) is 5.99. The summed E-state index contributed by atoms with van der Waals surface area (Å²) < 4.78 is 5.17. The van der Waals surface area contributed by atoms with Gasteiger partial charge in [0, 0.05) is 35.7 Å². The first-order chi connectivity index (χ1) is 14.2. The highest BCUT2D eigenvalue weighted by molar-refractivity contribution is 7.14. The van der Waals surface area contributed by atoms with Gasteiger partial charge in [0.25, 0.3) is 5.91 Å². The van der Waals surface area contributed by atoms with Gasteiger partial charge in [-0.1, -0.05) is 11.6 Å². The van der Waals surface area contributed by atoms with Crippen molar-refractivity contribution in [3.63, 3.8) is 0 Å². The Morgan fingerprint density at radius 3 is 2.79 bits per heavy atom. The van der Waals surface area contributed by atoms with E-state index in [1.807, 2.05) is 6.07 Å². The monoisotopic (exact) mass is 411 g/mol. The van der Waals surface area contributed by atoms with Crippen LogP contribution >= 0.6 is 11.3 Å². The van der Waals surface area contributed by atoms with Gasteiger partial charge < -0.3 is 4.52 Å². The maximum atomic E-state index is 12.3. The largest absolute Gasteiger partial charge is 0.339 e. The fraction of sp³-hybridized carbons (Fsp3) is 0.350. The number of hydrogen-bond acceptors (Lipinski definition) is 7. The Kier molecular flexibility index (Phi) is 5.95. The molecule has 4 rings (SSSR count). The number of nitrogens with one attached hydrogen (secondary N) is 2. The second kappa shape index (κ2) is 8.95. The normalized spacial score (nSPS) is 13.4. The molecule has 0 radical (unpaired) electrons. The molecule has 0 bridgehead atoms. The molecule has 0 spiro atoms. The summed E-state index contributed by atoms with van der Waals surface area (Å²) in [5.41, 5.74) is 7.00. The van der Waals surface area contributed by atoms with Crippen LogP contribution in [0.2, 0.25) is 0 Å². The highest BCUT2D eigenvalue weighted by Crippen LogP contribution is 2.28. The van der Waals surface area contributed by atoms with E-state index in [0.29, 0.717) is 16.6 Å². The van der Waals surface area contributed by atoms with E-state index in [1.54, 1.807) is 24.5 Å². The molecular weight excluding hydrogens is 390 g/mol. The highest BCUT2D eigenvalue weighted by atomic mass is 32.1. The minimum Gasteiger partial charge on any atom is -0.339 e. The molecule has 0 saturated heterocycles. The molecule has 8 nitrogen and oxygen atoms in total. The number of carbonyl (C=O) groups is 2. The fourth-order valence-corrected chi connectivity index (χ4v) is 4.37. The first kappa shape index (κ1) is 19.3. The van der Waals surface area contributed by atoms with Gasteiger partial charge in [-0.15, -0.1) is 11.3 Å². The van der Waals surface area contributed by atoms with Crippen LogP contribution < -0.4 is 10.9 Å². The summed E-state index contributed by atoms with van der Waals surface area (Å²) in [5.74, 6) is 0.211. The molecule has 0 aromatic carbocycles. The molecule has 9 heteroatoms. The number of thiophene rings is 1. The lowest BCUT2D eigenvalue weighted by atomic mass is 10.1. The van der Waals surface area contributed by atoms with Crippen LogP contribution in [0.5, 0.6) is 0 Å². The van der Waals surface area contributed by atoms with Crippen molar-refractivity contribution in [1.82, 2.24) is 26.0 Å². The van der Waals surface area contributed by atoms with Crippen molar-refractivity contribution < 1.29 is 14.1 Å². The average molecular weight is 411 g/mol. The number of rotatable bonds is 5. The van der Waals surface area contributed by atoms with E-state index in [0.717, 1.165) is 18.4 Å². The number of hydrazine groups is 1. The fourth-order valence-electron chi connectivity index (χ4n) is 3.23. The maximum absolute atomic E-state index is 12.3. The molecule has 150 valence electrons. The first-order valence-corrected chi connectivity index (χ1v) is 10.4. The zero-order valence-electron chi connectivity index (χ0n) is 15.8. The zero-order valence-corrected chi connectivity index (χ0v) is 16.6. The summed E-state index contributed by atoms with van der Waals surface area (Å²) in [6.45, 7) is 0. The zero-order chi connectivity index (χ0) is 20.1. The van der Waals surface area contributed by atoms with Gasteiger partial charge in [0.15, 0.2) is 0 Å². The summed E-state index contributed by atoms with van der Waals surface area (Å²) in [6, 6.07) is 5.51. The molecule has 0 atom stereocenters. The summed E-state index contributed by atoms with van der Waals surface area (Å²) >= 11 is 1.52. The van der Waals surface area contributed by atoms with E-state index in [4.69, 9.17) is 4.52 Å². The van der Waals surface area contributed by atoms with Gasteiger partial charge in [-0.25, -0.2) is 0 Å². The number of fused-ring (bicyclic) bond motifs is 1. The van der Waals surface area contributed by atoms with Gasteiger partial charge in [-0.05, 0) is 49.4 Å². The average Bonchev–Trinajstić information content (AvgIpc) is 3.33. The molecule has 2 amide bonds. The van der Waals surface area contributed by atoms with Crippen LogP contribution in [0.3, 0.4) is 0 Å². The summed E-state index contributed by atoms with van der Waals surface area (Å²) in [7, 11) is 0. The Morgan fingerprint density at radius 2 is 1.93 bits per heavy atom. The van der Waals surface area contributed by atoms with Crippen LogP contribution in [0.25, 0.3) is 11.4 Å². The third-order valence-electron chi connectivity index (χ3n) is 4.76. The van der Waals surface area contributed by atoms with Crippen LogP contribution in [0.4, 0.5) is 0 Å². The van der Waals surface area contributed by atoms with Crippen LogP contribution in [0.1, 0.15) is 51.7 Å². The Morgan fingerprint density at radius 1 is 1.10 bits per heavy atom. The predicted octanol–water partition coefficient (Wildman–Crippen LogP) is 2.86. The Bertz CT molecular complexity index is 975. The highest BCUT2D eigenvalue weighted by Gasteiger charge is 2.17. The number of aromatic nitrogens is 3. The standard InChI is InChI=1S/C20H21N5O3S/c26-17(6-7-18-22-19(25-28-18)13-8-10-21-11-9-13)23-24-20(27)16-12-14-4-2-1-3-5-15(14)29-16/h8-12H,1-7H2,(H,23,26)(H,24,27). The predicted molar refractivity (Wildman–Crippen MR) is 107 cm³/mol. The van der Waals surface area contributed by atoms with Gasteiger partial charge >= 0.3 is 0 Å². The summed E-state index contributed by atoms with van der Waals surface area (Å²) in [4.78, 5) is 34.5. The quantitative estimate of drug-likeness (QED) is 0.493. The molecule has 0 fully saturated rings. The Labute approximate surface area is 171 Å². The van der Waals surface area contributed by atoms with Crippen molar-refractivity contribution in [2.45, 2.75) is 44.9 Å². The van der Waals surface area contributed by atoms with E-state index in [1.165, 1.54) is 41.0 Å². The minimum absolute atomic E-state index is 0.124. The molecule has 1 aliphatic rings. The summed E-state index contributed by atoms with van der Waals surface area (Å²) in [6.07, 6.45) is 9.34. The molecule has 3 heterocycles. The van der Waals surface area contributed by atoms with Gasteiger partial charge in [0.2, 0.25) is 17.6 Å². The van der Waals surface area contributed by atoms with Crippen molar-refractivity contribution in [3.05, 3.63) is 51.8 Å². The van der Waals surface area contributed by atoms with Crippen molar-refractivity contribution >= 4 is 23.2 Å². The molecule has 2 N–H and O–H groups in total. The molecule has 0 aliphatic heterocycles. The van der Waals surface area contributed by atoms with Gasteiger partial charge in [0.1, 0.15) is 0 Å². The molecule has 0 unspecified atom stereocenters. The van der Waals surface area contributed by atoms with Crippen molar-refractivity contribution in [3.8, 4) is 11.4 Å².